The average Bonchev–Trinajstić information content (AvgIpc) is 3.41. The van der Waals surface area contributed by atoms with E-state index < -0.39 is 0 Å². The molecule has 0 saturated carbocycles. The first-order chi connectivity index (χ1) is 19.1. The number of rotatable bonds is 8. The molecule has 2 saturated heterocycles. The van der Waals surface area contributed by atoms with Crippen LogP contribution in [0.3, 0.4) is 0 Å². The largest absolute Gasteiger partial charge is 0.378 e. The van der Waals surface area contributed by atoms with Crippen LogP contribution < -0.4 is 16.0 Å². The molecule has 3 N–H and O–H groups in total. The number of allylic oxidation sites excluding steroid dienone is 1. The van der Waals surface area contributed by atoms with Gasteiger partial charge in [0, 0.05) is 61.9 Å². The number of carbonyl (C=O) groups is 1. The van der Waals surface area contributed by atoms with Crippen molar-refractivity contribution in [1.82, 2.24) is 20.1 Å². The molecule has 0 unspecified atom stereocenters. The Morgan fingerprint density at radius 3 is 2.54 bits per heavy atom. The molecule has 0 aliphatic carbocycles. The van der Waals surface area contributed by atoms with Crippen molar-refractivity contribution in [3.05, 3.63) is 77.9 Å². The summed E-state index contributed by atoms with van der Waals surface area (Å²) in [5.41, 5.74) is 10.9. The first kappa shape index (κ1) is 26.9. The number of aromatic nitrogens is 1. The van der Waals surface area contributed by atoms with E-state index in [1.807, 2.05) is 36.4 Å². The van der Waals surface area contributed by atoms with Crippen LogP contribution in [-0.4, -0.2) is 85.7 Å². The molecule has 39 heavy (non-hydrogen) atoms. The highest BCUT2D eigenvalue weighted by atomic mass is 16.5. The highest BCUT2D eigenvalue weighted by Crippen LogP contribution is 2.37. The lowest BCUT2D eigenvalue weighted by Gasteiger charge is -2.28. The number of morpholine rings is 1. The van der Waals surface area contributed by atoms with Gasteiger partial charge in [-0.15, -0.1) is 0 Å². The van der Waals surface area contributed by atoms with Gasteiger partial charge in [-0.3, -0.25) is 9.78 Å². The number of amides is 1. The van der Waals surface area contributed by atoms with E-state index in [2.05, 4.69) is 31.6 Å². The molecule has 206 valence electrons. The maximum atomic E-state index is 13.0. The monoisotopic (exact) mass is 529 g/mol. The van der Waals surface area contributed by atoms with E-state index in [4.69, 9.17) is 15.5 Å². The molecular weight excluding hydrogens is 490 g/mol. The Morgan fingerprint density at radius 1 is 1.03 bits per heavy atom. The molecule has 3 aliphatic rings. The third kappa shape index (κ3) is 6.66. The predicted molar refractivity (Wildman–Crippen MR) is 155 cm³/mol. The van der Waals surface area contributed by atoms with Gasteiger partial charge in [0.1, 0.15) is 5.82 Å². The zero-order valence-electron chi connectivity index (χ0n) is 22.6. The van der Waals surface area contributed by atoms with Gasteiger partial charge >= 0.3 is 0 Å². The fraction of sp³-hybridized carbons (Fsp3) is 0.433. The van der Waals surface area contributed by atoms with E-state index in [0.717, 1.165) is 60.8 Å². The summed E-state index contributed by atoms with van der Waals surface area (Å²) in [6.07, 6.45) is 8.13. The molecule has 2 aromatic rings. The Labute approximate surface area is 231 Å². The van der Waals surface area contributed by atoms with Gasteiger partial charge in [-0.05, 0) is 67.8 Å². The zero-order chi connectivity index (χ0) is 27.0. The van der Waals surface area contributed by atoms with Crippen molar-refractivity contribution in [2.24, 2.45) is 10.7 Å². The standard InChI is InChI=1S/C30H39N7O2/c1-23(24-6-5-7-25(22-24)29(38)33-13-17-35-14-3-2-4-15-35)27-10-16-37(26-8-11-32-12-9-26)28(27)34-30(31)36-18-20-39-21-19-36/h5-9,11-12,22H,1-4,10,13-21H2,(H2,31,34)(H,33,38). The molecule has 1 amide bonds. The first-order valence-corrected chi connectivity index (χ1v) is 14.0. The van der Waals surface area contributed by atoms with E-state index in [9.17, 15) is 4.79 Å². The maximum Gasteiger partial charge on any atom is 0.251 e. The van der Waals surface area contributed by atoms with Crippen molar-refractivity contribution in [2.45, 2.75) is 25.7 Å². The van der Waals surface area contributed by atoms with Crippen LogP contribution in [0.4, 0.5) is 5.69 Å². The molecule has 3 aliphatic heterocycles. The van der Waals surface area contributed by atoms with Gasteiger partial charge in [0.2, 0.25) is 0 Å². The second kappa shape index (κ2) is 12.9. The van der Waals surface area contributed by atoms with Crippen LogP contribution in [0.25, 0.3) is 5.57 Å². The summed E-state index contributed by atoms with van der Waals surface area (Å²) >= 11 is 0. The summed E-state index contributed by atoms with van der Waals surface area (Å²) < 4.78 is 5.48. The number of benzene rings is 1. The Morgan fingerprint density at radius 2 is 1.77 bits per heavy atom. The smallest absolute Gasteiger partial charge is 0.251 e. The molecule has 0 bridgehead atoms. The third-order valence-electron chi connectivity index (χ3n) is 7.64. The Hall–Kier alpha value is -3.69. The predicted octanol–water partition coefficient (Wildman–Crippen LogP) is 3.08. The molecule has 0 atom stereocenters. The van der Waals surface area contributed by atoms with E-state index in [0.29, 0.717) is 44.4 Å². The molecule has 0 spiro atoms. The van der Waals surface area contributed by atoms with Crippen molar-refractivity contribution in [2.75, 3.05) is 63.9 Å². The van der Waals surface area contributed by atoms with Crippen molar-refractivity contribution < 1.29 is 9.53 Å². The summed E-state index contributed by atoms with van der Waals surface area (Å²) in [6, 6.07) is 11.6. The minimum absolute atomic E-state index is 0.0599. The second-order valence-electron chi connectivity index (χ2n) is 10.2. The topological polar surface area (TPSA) is 99.3 Å². The number of pyridine rings is 1. The lowest BCUT2D eigenvalue weighted by atomic mass is 9.96. The molecule has 2 fully saturated rings. The lowest BCUT2D eigenvalue weighted by molar-refractivity contribution is 0.0675. The van der Waals surface area contributed by atoms with Crippen LogP contribution in [0.15, 0.2) is 71.8 Å². The van der Waals surface area contributed by atoms with Crippen LogP contribution in [-0.2, 0) is 4.74 Å². The van der Waals surface area contributed by atoms with Crippen LogP contribution >= 0.6 is 0 Å². The maximum absolute atomic E-state index is 13.0. The van der Waals surface area contributed by atoms with Gasteiger partial charge < -0.3 is 30.5 Å². The van der Waals surface area contributed by atoms with Crippen LogP contribution in [0.2, 0.25) is 0 Å². The summed E-state index contributed by atoms with van der Waals surface area (Å²) in [5, 5.41) is 3.09. The van der Waals surface area contributed by atoms with E-state index in [1.54, 1.807) is 12.4 Å². The van der Waals surface area contributed by atoms with Gasteiger partial charge in [0.05, 0.1) is 13.2 Å². The number of hydrogen-bond donors (Lipinski definition) is 2. The number of carbonyl (C=O) groups excluding carboxylic acids is 1. The van der Waals surface area contributed by atoms with Crippen LogP contribution in [0.1, 0.15) is 41.6 Å². The molecule has 4 heterocycles. The van der Waals surface area contributed by atoms with Crippen LogP contribution in [0.5, 0.6) is 0 Å². The van der Waals surface area contributed by atoms with E-state index >= 15 is 0 Å². The minimum Gasteiger partial charge on any atom is -0.378 e. The zero-order valence-corrected chi connectivity index (χ0v) is 22.6. The van der Waals surface area contributed by atoms with Crippen molar-refractivity contribution >= 4 is 23.1 Å². The highest BCUT2D eigenvalue weighted by Gasteiger charge is 2.27. The van der Waals surface area contributed by atoms with Crippen molar-refractivity contribution in [3.8, 4) is 0 Å². The second-order valence-corrected chi connectivity index (χ2v) is 10.2. The molecule has 9 nitrogen and oxygen atoms in total. The number of nitrogens with one attached hydrogen (secondary N) is 1. The number of hydrogen-bond acceptors (Lipinski definition) is 6. The Balaban J connectivity index is 1.36. The fourth-order valence-electron chi connectivity index (χ4n) is 5.40. The molecule has 5 rings (SSSR count). The number of likely N-dealkylation sites (tertiary alicyclic amines) is 1. The first-order valence-electron chi connectivity index (χ1n) is 14.0. The number of nitrogens with zero attached hydrogens (tertiary/aromatic N) is 5. The molecule has 1 aromatic carbocycles. The third-order valence-corrected chi connectivity index (χ3v) is 7.64. The van der Waals surface area contributed by atoms with E-state index in [-0.39, 0.29) is 5.91 Å². The van der Waals surface area contributed by atoms with Crippen molar-refractivity contribution in [3.63, 3.8) is 0 Å². The number of ether oxygens (including phenoxy) is 1. The molecule has 1 aromatic heterocycles. The summed E-state index contributed by atoms with van der Waals surface area (Å²) in [7, 11) is 0. The highest BCUT2D eigenvalue weighted by molar-refractivity contribution is 5.96. The average molecular weight is 530 g/mol. The molecule has 9 heteroatoms. The van der Waals surface area contributed by atoms with Gasteiger partial charge in [-0.1, -0.05) is 25.1 Å². The Kier molecular flexibility index (Phi) is 8.90. The van der Waals surface area contributed by atoms with Gasteiger partial charge in [-0.2, -0.15) is 4.99 Å². The quantitative estimate of drug-likeness (QED) is 0.401. The number of anilines is 1. The van der Waals surface area contributed by atoms with E-state index in [1.165, 1.54) is 19.3 Å². The van der Waals surface area contributed by atoms with Gasteiger partial charge in [-0.25, -0.2) is 0 Å². The Bertz CT molecular complexity index is 1210. The lowest BCUT2D eigenvalue weighted by Crippen LogP contribution is -2.45. The van der Waals surface area contributed by atoms with Gasteiger partial charge in [0.15, 0.2) is 5.96 Å². The van der Waals surface area contributed by atoms with Crippen molar-refractivity contribution in [1.29, 1.82) is 0 Å². The minimum atomic E-state index is -0.0599. The van der Waals surface area contributed by atoms with Crippen LogP contribution in [0, 0.1) is 0 Å². The number of aliphatic imine (C=N–C) groups is 1. The number of guanidine groups is 1. The summed E-state index contributed by atoms with van der Waals surface area (Å²) in [6.45, 7) is 11.7. The number of nitrogens with two attached hydrogens (primary N) is 1. The number of piperidine rings is 1. The SMILES string of the molecule is C=C(C1=C(N=C(N)N2CCOCC2)N(c2ccncc2)CC1)c1cccc(C(=O)NCCN2CCCCC2)c1. The molecule has 0 radical (unpaired) electrons. The molecular formula is C30H39N7O2. The summed E-state index contributed by atoms with van der Waals surface area (Å²) in [5.74, 6) is 1.20. The fourth-order valence-corrected chi connectivity index (χ4v) is 5.40. The normalized spacial score (nSPS) is 18.9. The van der Waals surface area contributed by atoms with Gasteiger partial charge in [0.25, 0.3) is 5.91 Å². The summed E-state index contributed by atoms with van der Waals surface area (Å²) in [4.78, 5) is 28.7.